The number of hydrogen-bond donors (Lipinski definition) is 1. The topological polar surface area (TPSA) is 81.9 Å². The maximum Gasteiger partial charge on any atom is 0.325 e. The molecule has 0 radical (unpaired) electrons. The number of carbonyl (C=O) groups is 2. The molecule has 1 saturated heterocycles. The molecule has 0 bridgehead atoms. The number of ether oxygens (including phenoxy) is 2. The number of benzene rings is 1. The van der Waals surface area contributed by atoms with Gasteiger partial charge in [-0.1, -0.05) is 12.1 Å². The van der Waals surface area contributed by atoms with Crippen molar-refractivity contribution in [1.82, 2.24) is 4.90 Å². The Hall–Kier alpha value is -1.92. The highest BCUT2D eigenvalue weighted by molar-refractivity contribution is 5.92. The number of hydrogen-bond acceptors (Lipinski definition) is 5. The lowest BCUT2D eigenvalue weighted by molar-refractivity contribution is -0.153. The van der Waals surface area contributed by atoms with Gasteiger partial charge in [0, 0.05) is 18.7 Å². The number of esters is 1. The average Bonchev–Trinajstić information content (AvgIpc) is 2.47. The van der Waals surface area contributed by atoms with Crippen LogP contribution in [0.2, 0.25) is 0 Å². The fourth-order valence-corrected chi connectivity index (χ4v) is 2.24. The first kappa shape index (κ1) is 14.5. The molecule has 1 fully saturated rings. The van der Waals surface area contributed by atoms with Crippen LogP contribution in [0.3, 0.4) is 0 Å². The number of carbonyl (C=O) groups excluding carboxylic acids is 2. The van der Waals surface area contributed by atoms with Crippen LogP contribution in [-0.4, -0.2) is 49.7 Å². The molecule has 2 rings (SSSR count). The van der Waals surface area contributed by atoms with Gasteiger partial charge in [0.1, 0.15) is 6.04 Å². The van der Waals surface area contributed by atoms with Crippen molar-refractivity contribution < 1.29 is 19.1 Å². The SMILES string of the molecule is COC(=O)C1COCCN1Cc1cccc(C(N)=O)c1. The minimum atomic E-state index is -0.460. The fourth-order valence-electron chi connectivity index (χ4n) is 2.24. The van der Waals surface area contributed by atoms with Crippen LogP contribution in [0.4, 0.5) is 0 Å². The van der Waals surface area contributed by atoms with Crippen molar-refractivity contribution in [2.24, 2.45) is 5.73 Å². The summed E-state index contributed by atoms with van der Waals surface area (Å²) in [5.41, 5.74) is 6.66. The molecule has 1 aromatic carbocycles. The van der Waals surface area contributed by atoms with E-state index >= 15 is 0 Å². The summed E-state index contributed by atoms with van der Waals surface area (Å²) in [6.07, 6.45) is 0. The van der Waals surface area contributed by atoms with E-state index in [2.05, 4.69) is 0 Å². The zero-order valence-corrected chi connectivity index (χ0v) is 11.4. The smallest absolute Gasteiger partial charge is 0.325 e. The molecular formula is C14H18N2O4. The van der Waals surface area contributed by atoms with Crippen molar-refractivity contribution in [1.29, 1.82) is 0 Å². The molecule has 0 saturated carbocycles. The van der Waals surface area contributed by atoms with Gasteiger partial charge in [-0.25, -0.2) is 0 Å². The number of methoxy groups -OCH3 is 1. The molecule has 1 unspecified atom stereocenters. The monoisotopic (exact) mass is 278 g/mol. The molecule has 2 N–H and O–H groups in total. The van der Waals surface area contributed by atoms with Crippen LogP contribution in [0.15, 0.2) is 24.3 Å². The second kappa shape index (κ2) is 6.49. The third-order valence-electron chi connectivity index (χ3n) is 3.31. The second-order valence-electron chi connectivity index (χ2n) is 4.65. The maximum atomic E-state index is 11.7. The van der Waals surface area contributed by atoms with Crippen LogP contribution in [0.5, 0.6) is 0 Å². The summed E-state index contributed by atoms with van der Waals surface area (Å²) >= 11 is 0. The van der Waals surface area contributed by atoms with Gasteiger partial charge in [-0.2, -0.15) is 0 Å². The molecule has 1 aliphatic heterocycles. The Morgan fingerprint density at radius 1 is 1.50 bits per heavy atom. The zero-order chi connectivity index (χ0) is 14.5. The van der Waals surface area contributed by atoms with Gasteiger partial charge in [-0.15, -0.1) is 0 Å². The molecular weight excluding hydrogens is 260 g/mol. The molecule has 6 heteroatoms. The molecule has 1 aromatic rings. The summed E-state index contributed by atoms with van der Waals surface area (Å²) in [6.45, 7) is 2.08. The van der Waals surface area contributed by atoms with E-state index in [-0.39, 0.29) is 5.97 Å². The van der Waals surface area contributed by atoms with Gasteiger partial charge in [-0.3, -0.25) is 14.5 Å². The number of nitrogens with two attached hydrogens (primary N) is 1. The summed E-state index contributed by atoms with van der Waals surface area (Å²) < 4.78 is 10.1. The normalized spacial score (nSPS) is 19.6. The number of morpholine rings is 1. The highest BCUT2D eigenvalue weighted by Gasteiger charge is 2.30. The third-order valence-corrected chi connectivity index (χ3v) is 3.31. The standard InChI is InChI=1S/C14H18N2O4/c1-19-14(18)12-9-20-6-5-16(12)8-10-3-2-4-11(7-10)13(15)17/h2-4,7,12H,5-6,8-9H2,1H3,(H2,15,17). The van der Waals surface area contributed by atoms with Crippen molar-refractivity contribution in [3.05, 3.63) is 35.4 Å². The van der Waals surface area contributed by atoms with Crippen molar-refractivity contribution >= 4 is 11.9 Å². The van der Waals surface area contributed by atoms with Gasteiger partial charge in [0.05, 0.1) is 20.3 Å². The molecule has 0 aromatic heterocycles. The number of nitrogens with zero attached hydrogens (tertiary/aromatic N) is 1. The summed E-state index contributed by atoms with van der Waals surface area (Å²) in [4.78, 5) is 24.9. The minimum absolute atomic E-state index is 0.309. The fraction of sp³-hybridized carbons (Fsp3) is 0.429. The Morgan fingerprint density at radius 2 is 2.30 bits per heavy atom. The lowest BCUT2D eigenvalue weighted by Crippen LogP contribution is -2.49. The highest BCUT2D eigenvalue weighted by Crippen LogP contribution is 2.14. The molecule has 0 aliphatic carbocycles. The number of primary amides is 1. The van der Waals surface area contributed by atoms with E-state index in [1.807, 2.05) is 11.0 Å². The average molecular weight is 278 g/mol. The van der Waals surface area contributed by atoms with Crippen molar-refractivity contribution in [2.45, 2.75) is 12.6 Å². The number of amides is 1. The molecule has 0 spiro atoms. The largest absolute Gasteiger partial charge is 0.468 e. The predicted molar refractivity (Wildman–Crippen MR) is 72.0 cm³/mol. The Kier molecular flexibility index (Phi) is 4.70. The van der Waals surface area contributed by atoms with E-state index in [1.54, 1.807) is 18.2 Å². The Labute approximate surface area is 117 Å². The van der Waals surface area contributed by atoms with Crippen LogP contribution in [0.25, 0.3) is 0 Å². The quantitative estimate of drug-likeness (QED) is 0.793. The van der Waals surface area contributed by atoms with Crippen LogP contribution in [0, 0.1) is 0 Å². The minimum Gasteiger partial charge on any atom is -0.468 e. The van der Waals surface area contributed by atoms with Crippen LogP contribution >= 0.6 is 0 Å². The van der Waals surface area contributed by atoms with Gasteiger partial charge in [0.2, 0.25) is 5.91 Å². The Balaban J connectivity index is 2.12. The van der Waals surface area contributed by atoms with Crippen LogP contribution < -0.4 is 5.73 Å². The van der Waals surface area contributed by atoms with E-state index < -0.39 is 11.9 Å². The maximum absolute atomic E-state index is 11.7. The van der Waals surface area contributed by atoms with E-state index in [9.17, 15) is 9.59 Å². The third kappa shape index (κ3) is 3.34. The summed E-state index contributed by atoms with van der Waals surface area (Å²) in [7, 11) is 1.36. The van der Waals surface area contributed by atoms with E-state index in [1.165, 1.54) is 7.11 Å². The molecule has 1 atom stereocenters. The van der Waals surface area contributed by atoms with Crippen LogP contribution in [-0.2, 0) is 20.8 Å². The second-order valence-corrected chi connectivity index (χ2v) is 4.65. The summed E-state index contributed by atoms with van der Waals surface area (Å²) in [5.74, 6) is -0.769. The highest BCUT2D eigenvalue weighted by atomic mass is 16.5. The van der Waals surface area contributed by atoms with Crippen molar-refractivity contribution in [3.63, 3.8) is 0 Å². The molecule has 6 nitrogen and oxygen atoms in total. The number of rotatable bonds is 4. The molecule has 1 amide bonds. The molecule has 1 aliphatic rings. The molecule has 20 heavy (non-hydrogen) atoms. The molecule has 108 valence electrons. The van der Waals surface area contributed by atoms with E-state index in [0.29, 0.717) is 31.9 Å². The first-order valence-electron chi connectivity index (χ1n) is 6.40. The molecule has 1 heterocycles. The first-order chi connectivity index (χ1) is 9.61. The van der Waals surface area contributed by atoms with Gasteiger partial charge >= 0.3 is 5.97 Å². The van der Waals surface area contributed by atoms with E-state index in [4.69, 9.17) is 15.2 Å². The Morgan fingerprint density at radius 3 is 3.00 bits per heavy atom. The van der Waals surface area contributed by atoms with Gasteiger partial charge in [0.15, 0.2) is 0 Å². The lowest BCUT2D eigenvalue weighted by Gasteiger charge is -2.33. The van der Waals surface area contributed by atoms with Crippen molar-refractivity contribution in [3.8, 4) is 0 Å². The predicted octanol–water partition coefficient (Wildman–Crippen LogP) is 0.159. The zero-order valence-electron chi connectivity index (χ0n) is 11.4. The van der Waals surface area contributed by atoms with Gasteiger partial charge in [0.25, 0.3) is 0 Å². The lowest BCUT2D eigenvalue weighted by atomic mass is 10.1. The van der Waals surface area contributed by atoms with E-state index in [0.717, 1.165) is 5.56 Å². The van der Waals surface area contributed by atoms with Gasteiger partial charge in [-0.05, 0) is 17.7 Å². The van der Waals surface area contributed by atoms with Crippen LogP contribution in [0.1, 0.15) is 15.9 Å². The van der Waals surface area contributed by atoms with Crippen molar-refractivity contribution in [2.75, 3.05) is 26.9 Å². The Bertz CT molecular complexity index is 504. The first-order valence-corrected chi connectivity index (χ1v) is 6.40. The van der Waals surface area contributed by atoms with Gasteiger partial charge < -0.3 is 15.2 Å². The summed E-state index contributed by atoms with van der Waals surface area (Å²) in [6, 6.07) is 6.68. The summed E-state index contributed by atoms with van der Waals surface area (Å²) in [5, 5.41) is 0.